The highest BCUT2D eigenvalue weighted by Gasteiger charge is 2.05. The van der Waals surface area contributed by atoms with E-state index in [1.54, 1.807) is 18.2 Å². The summed E-state index contributed by atoms with van der Waals surface area (Å²) in [6.45, 7) is 0. The quantitative estimate of drug-likeness (QED) is 0.500. The van der Waals surface area contributed by atoms with E-state index >= 15 is 0 Å². The van der Waals surface area contributed by atoms with Crippen molar-refractivity contribution in [2.75, 3.05) is 0 Å². The first kappa shape index (κ1) is 8.39. The lowest BCUT2D eigenvalue weighted by molar-refractivity contribution is 0.105. The summed E-state index contributed by atoms with van der Waals surface area (Å²) in [5, 5.41) is 9.38. The zero-order valence-corrected chi connectivity index (χ0v) is 7.27. The zero-order valence-electron chi connectivity index (χ0n) is 7.27. The molecule has 0 atom stereocenters. The van der Waals surface area contributed by atoms with E-state index in [9.17, 15) is 4.79 Å². The number of carbonyl (C=O) groups is 1. The number of benzene rings is 1. The molecule has 1 heterocycles. The molecule has 3 heteroatoms. The number of aromatic nitrogens is 1. The highest BCUT2D eigenvalue weighted by atomic mass is 16.1. The molecule has 0 saturated carbocycles. The Balaban J connectivity index is 2.64. The van der Waals surface area contributed by atoms with E-state index in [-0.39, 0.29) is 5.69 Å². The number of hydrogen-bond acceptors (Lipinski definition) is 3. The number of rotatable bonds is 1. The largest absolute Gasteiger partial charge is 0.280 e. The van der Waals surface area contributed by atoms with Crippen molar-refractivity contribution in [1.82, 2.24) is 4.98 Å². The van der Waals surface area contributed by atoms with Crippen LogP contribution >= 0.6 is 0 Å². The summed E-state index contributed by atoms with van der Waals surface area (Å²) in [6.07, 6.45) is 0. The molecule has 0 spiro atoms. The third kappa shape index (κ3) is 1.34. The van der Waals surface area contributed by atoms with Gasteiger partial charge in [0.1, 0.15) is 11.8 Å². The lowest BCUT2D eigenvalue weighted by Crippen LogP contribution is -1.98. The number of pyridine rings is 1. The molecule has 0 unspecified atom stereocenters. The van der Waals surface area contributed by atoms with Gasteiger partial charge in [-0.2, -0.15) is 5.26 Å². The summed E-state index contributed by atoms with van der Waals surface area (Å²) < 4.78 is 0. The molecule has 66 valence electrons. The van der Waals surface area contributed by atoms with Crippen LogP contribution in [0.1, 0.15) is 10.5 Å². The van der Waals surface area contributed by atoms with Crippen molar-refractivity contribution in [1.29, 1.82) is 5.26 Å². The topological polar surface area (TPSA) is 53.8 Å². The van der Waals surface area contributed by atoms with E-state index in [0.717, 1.165) is 10.9 Å². The predicted molar refractivity (Wildman–Crippen MR) is 51.7 cm³/mol. The fourth-order valence-electron chi connectivity index (χ4n) is 1.25. The van der Waals surface area contributed by atoms with Crippen molar-refractivity contribution in [3.63, 3.8) is 0 Å². The van der Waals surface area contributed by atoms with E-state index in [1.165, 1.54) is 0 Å². The van der Waals surface area contributed by atoms with Crippen LogP contribution in [0, 0.1) is 11.3 Å². The lowest BCUT2D eigenvalue weighted by atomic mass is 10.2. The lowest BCUT2D eigenvalue weighted by Gasteiger charge is -1.97. The van der Waals surface area contributed by atoms with Crippen molar-refractivity contribution < 1.29 is 4.79 Å². The van der Waals surface area contributed by atoms with Gasteiger partial charge in [0.05, 0.1) is 5.52 Å². The van der Waals surface area contributed by atoms with Crippen molar-refractivity contribution >= 4 is 16.7 Å². The number of para-hydroxylation sites is 1. The Morgan fingerprint density at radius 1 is 1.21 bits per heavy atom. The van der Waals surface area contributed by atoms with Gasteiger partial charge in [0.25, 0.3) is 5.78 Å². The number of ketones is 1. The molecular formula is C11H6N2O. The van der Waals surface area contributed by atoms with Gasteiger partial charge in [0.15, 0.2) is 0 Å². The second-order valence-electron chi connectivity index (χ2n) is 2.83. The maximum absolute atomic E-state index is 11.0. The SMILES string of the molecule is N#CC(=O)c1ccc2ccccc2n1. The van der Waals surface area contributed by atoms with Gasteiger partial charge in [-0.25, -0.2) is 4.98 Å². The van der Waals surface area contributed by atoms with Gasteiger partial charge in [-0.3, -0.25) is 4.79 Å². The van der Waals surface area contributed by atoms with Crippen molar-refractivity contribution in [3.8, 4) is 6.07 Å². The molecule has 1 aromatic carbocycles. The molecule has 14 heavy (non-hydrogen) atoms. The van der Waals surface area contributed by atoms with Crippen LogP contribution in [0.15, 0.2) is 36.4 Å². The van der Waals surface area contributed by atoms with E-state index in [2.05, 4.69) is 4.98 Å². The Bertz CT molecular complexity index is 540. The molecule has 0 saturated heterocycles. The summed E-state index contributed by atoms with van der Waals surface area (Å²) >= 11 is 0. The first-order valence-electron chi connectivity index (χ1n) is 4.11. The molecule has 0 radical (unpaired) electrons. The van der Waals surface area contributed by atoms with Crippen LogP contribution in [-0.2, 0) is 0 Å². The summed E-state index contributed by atoms with van der Waals surface area (Å²) in [7, 11) is 0. The summed E-state index contributed by atoms with van der Waals surface area (Å²) in [4.78, 5) is 15.1. The molecule has 2 rings (SSSR count). The third-order valence-electron chi connectivity index (χ3n) is 1.93. The Morgan fingerprint density at radius 2 is 2.00 bits per heavy atom. The maximum atomic E-state index is 11.0. The summed E-state index contributed by atoms with van der Waals surface area (Å²) in [6, 6.07) is 12.3. The van der Waals surface area contributed by atoms with Gasteiger partial charge in [-0.05, 0) is 12.1 Å². The van der Waals surface area contributed by atoms with Gasteiger partial charge in [-0.1, -0.05) is 24.3 Å². The Labute approximate surface area is 80.6 Å². The highest BCUT2D eigenvalue weighted by Crippen LogP contribution is 2.11. The maximum Gasteiger partial charge on any atom is 0.280 e. The standard InChI is InChI=1S/C11H6N2O/c12-7-11(14)10-6-5-8-3-1-2-4-9(8)13-10/h1-6H. The second-order valence-corrected chi connectivity index (χ2v) is 2.83. The minimum atomic E-state index is -0.601. The zero-order chi connectivity index (χ0) is 9.97. The molecule has 0 aliphatic rings. The van der Waals surface area contributed by atoms with Gasteiger partial charge in [0.2, 0.25) is 0 Å². The number of nitrogens with zero attached hydrogens (tertiary/aromatic N) is 2. The van der Waals surface area contributed by atoms with Crippen LogP contribution in [0.5, 0.6) is 0 Å². The summed E-state index contributed by atoms with van der Waals surface area (Å²) in [5.74, 6) is -0.601. The molecule has 2 aromatic rings. The average molecular weight is 182 g/mol. The Morgan fingerprint density at radius 3 is 2.79 bits per heavy atom. The normalized spacial score (nSPS) is 9.64. The first-order valence-corrected chi connectivity index (χ1v) is 4.11. The Hall–Kier alpha value is -2.21. The van der Waals surface area contributed by atoms with Crippen LogP contribution in [0.25, 0.3) is 10.9 Å². The van der Waals surface area contributed by atoms with Crippen LogP contribution in [0.2, 0.25) is 0 Å². The van der Waals surface area contributed by atoms with Crippen molar-refractivity contribution in [3.05, 3.63) is 42.1 Å². The van der Waals surface area contributed by atoms with Crippen LogP contribution < -0.4 is 0 Å². The fraction of sp³-hybridized carbons (Fsp3) is 0. The van der Waals surface area contributed by atoms with Gasteiger partial charge >= 0.3 is 0 Å². The number of nitriles is 1. The monoisotopic (exact) mass is 182 g/mol. The average Bonchev–Trinajstić information content (AvgIpc) is 2.27. The molecule has 0 aliphatic heterocycles. The minimum absolute atomic E-state index is 0.200. The van der Waals surface area contributed by atoms with Crippen LogP contribution in [0.3, 0.4) is 0 Å². The van der Waals surface area contributed by atoms with E-state index in [0.29, 0.717) is 0 Å². The predicted octanol–water partition coefficient (Wildman–Crippen LogP) is 1.94. The number of Topliss-reactive ketones (excluding diaryl/α,β-unsaturated/α-hetero) is 1. The molecule has 0 fully saturated rings. The van der Waals surface area contributed by atoms with Gasteiger partial charge in [0, 0.05) is 5.39 Å². The van der Waals surface area contributed by atoms with Crippen LogP contribution in [0.4, 0.5) is 0 Å². The molecule has 0 aliphatic carbocycles. The molecule has 0 N–H and O–H groups in total. The second kappa shape index (κ2) is 3.27. The van der Waals surface area contributed by atoms with E-state index in [1.807, 2.05) is 24.3 Å². The molecular weight excluding hydrogens is 176 g/mol. The van der Waals surface area contributed by atoms with E-state index in [4.69, 9.17) is 5.26 Å². The Kier molecular flexibility index (Phi) is 1.96. The number of fused-ring (bicyclic) bond motifs is 1. The van der Waals surface area contributed by atoms with Crippen LogP contribution in [-0.4, -0.2) is 10.8 Å². The third-order valence-corrected chi connectivity index (χ3v) is 1.93. The number of carbonyl (C=O) groups excluding carboxylic acids is 1. The van der Waals surface area contributed by atoms with Gasteiger partial charge < -0.3 is 0 Å². The van der Waals surface area contributed by atoms with Crippen molar-refractivity contribution in [2.24, 2.45) is 0 Å². The number of hydrogen-bond donors (Lipinski definition) is 0. The first-order chi connectivity index (χ1) is 6.81. The molecule has 1 aromatic heterocycles. The highest BCUT2D eigenvalue weighted by molar-refractivity contribution is 6.07. The molecule has 0 amide bonds. The molecule has 0 bridgehead atoms. The molecule has 3 nitrogen and oxygen atoms in total. The van der Waals surface area contributed by atoms with Crippen molar-refractivity contribution in [2.45, 2.75) is 0 Å². The fourth-order valence-corrected chi connectivity index (χ4v) is 1.25. The smallest absolute Gasteiger partial charge is 0.275 e. The minimum Gasteiger partial charge on any atom is -0.275 e. The van der Waals surface area contributed by atoms with Gasteiger partial charge in [-0.15, -0.1) is 0 Å². The van der Waals surface area contributed by atoms with E-state index < -0.39 is 5.78 Å². The summed E-state index contributed by atoms with van der Waals surface area (Å²) in [5.41, 5.74) is 0.930.